The van der Waals surface area contributed by atoms with Crippen molar-refractivity contribution in [3.8, 4) is 11.5 Å². The molecule has 178 valence electrons. The Morgan fingerprint density at radius 3 is 2.57 bits per heavy atom. The Kier molecular flexibility index (Phi) is 6.66. The van der Waals surface area contributed by atoms with E-state index in [2.05, 4.69) is 0 Å². The van der Waals surface area contributed by atoms with E-state index in [9.17, 15) is 9.59 Å². The van der Waals surface area contributed by atoms with E-state index in [-0.39, 0.29) is 12.3 Å². The fourth-order valence-electron chi connectivity index (χ4n) is 4.16. The van der Waals surface area contributed by atoms with Gasteiger partial charge in [-0.3, -0.25) is 9.36 Å². The number of anilines is 1. The number of ether oxygens (including phenoxy) is 2. The largest absolute Gasteiger partial charge is 0.486 e. The maximum absolute atomic E-state index is 13.3. The molecule has 0 atom stereocenters. The number of amides is 1. The first-order valence-electron chi connectivity index (χ1n) is 11.7. The van der Waals surface area contributed by atoms with Gasteiger partial charge in [-0.15, -0.1) is 0 Å². The van der Waals surface area contributed by atoms with Gasteiger partial charge in [0.1, 0.15) is 13.2 Å². The molecule has 1 aliphatic heterocycles. The average molecular weight is 471 g/mol. The number of benzene rings is 3. The lowest BCUT2D eigenvalue weighted by atomic mass is 10.2. The summed E-state index contributed by atoms with van der Waals surface area (Å²) in [6.45, 7) is 1.79. The first kappa shape index (κ1) is 22.5. The van der Waals surface area contributed by atoms with Crippen LogP contribution in [-0.2, 0) is 11.3 Å². The Balaban J connectivity index is 1.32. The smallest absolute Gasteiger partial charge is 0.419 e. The van der Waals surface area contributed by atoms with Gasteiger partial charge in [0.2, 0.25) is 5.91 Å². The van der Waals surface area contributed by atoms with Crippen molar-refractivity contribution >= 4 is 28.8 Å². The van der Waals surface area contributed by atoms with Crippen molar-refractivity contribution < 1.29 is 18.7 Å². The quantitative estimate of drug-likeness (QED) is 0.367. The Labute approximate surface area is 202 Å². The van der Waals surface area contributed by atoms with E-state index in [0.717, 1.165) is 16.8 Å². The van der Waals surface area contributed by atoms with Gasteiger partial charge in [0.25, 0.3) is 0 Å². The number of aryl methyl sites for hydroxylation is 1. The van der Waals surface area contributed by atoms with Crippen LogP contribution in [0.4, 0.5) is 5.69 Å². The molecule has 1 aromatic heterocycles. The molecule has 35 heavy (non-hydrogen) atoms. The van der Waals surface area contributed by atoms with Gasteiger partial charge in [0.15, 0.2) is 17.1 Å². The van der Waals surface area contributed by atoms with Gasteiger partial charge in [0.05, 0.1) is 5.52 Å². The number of hydrogen-bond donors (Lipinski definition) is 0. The molecular formula is C28H26N2O5. The second-order valence-electron chi connectivity index (χ2n) is 8.24. The SMILES string of the molecule is O=C(CCCn1c(=O)oc2ccccc21)N(C/C=C/c1ccccc1)c1ccc2c(c1)OCCO2. The number of carbonyl (C=O) groups excluding carboxylic acids is 1. The fraction of sp³-hybridized carbons (Fsp3) is 0.214. The summed E-state index contributed by atoms with van der Waals surface area (Å²) in [5.74, 6) is 0.863. The van der Waals surface area contributed by atoms with Crippen LogP contribution >= 0.6 is 0 Å². The molecule has 5 rings (SSSR count). The highest BCUT2D eigenvalue weighted by Crippen LogP contribution is 2.34. The molecule has 0 N–H and O–H groups in total. The predicted octanol–water partition coefficient (Wildman–Crippen LogP) is 4.89. The van der Waals surface area contributed by atoms with Crippen molar-refractivity contribution in [3.63, 3.8) is 0 Å². The van der Waals surface area contributed by atoms with Crippen LogP contribution in [0.2, 0.25) is 0 Å². The van der Waals surface area contributed by atoms with Gasteiger partial charge >= 0.3 is 5.76 Å². The van der Waals surface area contributed by atoms with Gasteiger partial charge in [-0.05, 0) is 36.2 Å². The number of rotatable bonds is 8. The molecule has 1 aliphatic rings. The van der Waals surface area contributed by atoms with Gasteiger partial charge in [-0.2, -0.15) is 0 Å². The minimum absolute atomic E-state index is 0.0414. The van der Waals surface area contributed by atoms with Crippen LogP contribution in [0.3, 0.4) is 0 Å². The van der Waals surface area contributed by atoms with E-state index in [4.69, 9.17) is 13.9 Å². The summed E-state index contributed by atoms with van der Waals surface area (Å²) in [7, 11) is 0. The maximum atomic E-state index is 13.3. The second kappa shape index (κ2) is 10.3. The molecule has 0 fully saturated rings. The molecular weight excluding hydrogens is 444 g/mol. The van der Waals surface area contributed by atoms with Crippen LogP contribution in [0.25, 0.3) is 17.2 Å². The lowest BCUT2D eigenvalue weighted by Crippen LogP contribution is -2.31. The molecule has 0 saturated heterocycles. The third-order valence-electron chi connectivity index (χ3n) is 5.88. The minimum Gasteiger partial charge on any atom is -0.486 e. The van der Waals surface area contributed by atoms with Crippen molar-refractivity contribution in [1.82, 2.24) is 4.57 Å². The molecule has 0 unspecified atom stereocenters. The second-order valence-corrected chi connectivity index (χ2v) is 8.24. The summed E-state index contributed by atoms with van der Waals surface area (Å²) < 4.78 is 18.2. The zero-order valence-corrected chi connectivity index (χ0v) is 19.3. The molecule has 0 spiro atoms. The minimum atomic E-state index is -0.409. The van der Waals surface area contributed by atoms with E-state index in [0.29, 0.717) is 49.8 Å². The molecule has 7 nitrogen and oxygen atoms in total. The normalized spacial score (nSPS) is 12.8. The summed E-state index contributed by atoms with van der Waals surface area (Å²) in [6.07, 6.45) is 4.75. The zero-order valence-electron chi connectivity index (χ0n) is 19.3. The predicted molar refractivity (Wildman–Crippen MR) is 135 cm³/mol. The maximum Gasteiger partial charge on any atom is 0.419 e. The summed E-state index contributed by atoms with van der Waals surface area (Å²) in [4.78, 5) is 27.3. The van der Waals surface area contributed by atoms with Crippen LogP contribution < -0.4 is 20.1 Å². The molecule has 0 bridgehead atoms. The van der Waals surface area contributed by atoms with Crippen LogP contribution in [0.5, 0.6) is 11.5 Å². The van der Waals surface area contributed by atoms with Crippen molar-refractivity contribution in [2.75, 3.05) is 24.7 Å². The third kappa shape index (κ3) is 5.14. The zero-order chi connectivity index (χ0) is 24.0. The molecule has 4 aromatic rings. The molecule has 0 radical (unpaired) electrons. The van der Waals surface area contributed by atoms with E-state index in [1.54, 1.807) is 15.5 Å². The van der Waals surface area contributed by atoms with Crippen LogP contribution in [0.15, 0.2) is 88.1 Å². The monoisotopic (exact) mass is 470 g/mol. The van der Waals surface area contributed by atoms with Gasteiger partial charge in [-0.25, -0.2) is 4.79 Å². The van der Waals surface area contributed by atoms with Gasteiger partial charge < -0.3 is 18.8 Å². The van der Waals surface area contributed by atoms with E-state index in [1.807, 2.05) is 78.9 Å². The van der Waals surface area contributed by atoms with E-state index < -0.39 is 5.76 Å². The van der Waals surface area contributed by atoms with Gasteiger partial charge in [0, 0.05) is 31.3 Å². The molecule has 2 heterocycles. The molecule has 0 saturated carbocycles. The van der Waals surface area contributed by atoms with Crippen molar-refractivity contribution in [2.45, 2.75) is 19.4 Å². The Morgan fingerprint density at radius 1 is 0.943 bits per heavy atom. The summed E-state index contributed by atoms with van der Waals surface area (Å²) >= 11 is 0. The lowest BCUT2D eigenvalue weighted by Gasteiger charge is -2.24. The number of aromatic nitrogens is 1. The van der Waals surface area contributed by atoms with E-state index >= 15 is 0 Å². The summed E-state index contributed by atoms with van der Waals surface area (Å²) in [5.41, 5.74) is 3.09. The number of nitrogens with zero attached hydrogens (tertiary/aromatic N) is 2. The molecule has 1 amide bonds. The molecule has 7 heteroatoms. The summed E-state index contributed by atoms with van der Waals surface area (Å²) in [5, 5.41) is 0. The van der Waals surface area contributed by atoms with Gasteiger partial charge in [-0.1, -0.05) is 54.6 Å². The number of para-hydroxylation sites is 2. The first-order chi connectivity index (χ1) is 17.2. The highest BCUT2D eigenvalue weighted by atomic mass is 16.6. The topological polar surface area (TPSA) is 73.9 Å². The number of carbonyl (C=O) groups is 1. The van der Waals surface area contributed by atoms with Crippen molar-refractivity contribution in [2.24, 2.45) is 0 Å². The van der Waals surface area contributed by atoms with Crippen LogP contribution in [0.1, 0.15) is 18.4 Å². The Morgan fingerprint density at radius 2 is 1.71 bits per heavy atom. The Bertz CT molecular complexity index is 1400. The van der Waals surface area contributed by atoms with E-state index in [1.165, 1.54) is 0 Å². The fourth-order valence-corrected chi connectivity index (χ4v) is 4.16. The highest BCUT2D eigenvalue weighted by molar-refractivity contribution is 5.94. The third-order valence-corrected chi connectivity index (χ3v) is 5.88. The van der Waals surface area contributed by atoms with Crippen molar-refractivity contribution in [1.29, 1.82) is 0 Å². The Hall–Kier alpha value is -4.26. The first-order valence-corrected chi connectivity index (χ1v) is 11.7. The van der Waals surface area contributed by atoms with Crippen LogP contribution in [-0.4, -0.2) is 30.2 Å². The number of fused-ring (bicyclic) bond motifs is 2. The molecule has 0 aliphatic carbocycles. The highest BCUT2D eigenvalue weighted by Gasteiger charge is 2.19. The number of oxazole rings is 1. The van der Waals surface area contributed by atoms with Crippen LogP contribution in [0, 0.1) is 0 Å². The van der Waals surface area contributed by atoms with Crippen molar-refractivity contribution in [3.05, 3.63) is 95.0 Å². The standard InChI is InChI=1S/C28H26N2O5/c31-27(13-7-17-30-23-11-4-5-12-24(23)35-28(30)32)29(16-6-10-21-8-2-1-3-9-21)22-14-15-25-26(20-22)34-19-18-33-25/h1-6,8-12,14-15,20H,7,13,16-19H2/b10-6+. The lowest BCUT2D eigenvalue weighted by molar-refractivity contribution is -0.118. The number of hydrogen-bond acceptors (Lipinski definition) is 5. The summed E-state index contributed by atoms with van der Waals surface area (Å²) in [6, 6.07) is 22.8. The average Bonchev–Trinajstić information content (AvgIpc) is 3.22. The molecule has 3 aromatic carbocycles.